The summed E-state index contributed by atoms with van der Waals surface area (Å²) in [7, 11) is 2.16. The lowest BCUT2D eigenvalue weighted by Gasteiger charge is -2.27. The fraction of sp³-hybridized carbons (Fsp3) is 0.258. The third-order valence-corrected chi connectivity index (χ3v) is 7.38. The number of ether oxygens (including phenoxy) is 1. The van der Waals surface area contributed by atoms with Gasteiger partial charge in [0.15, 0.2) is 6.20 Å². The van der Waals surface area contributed by atoms with Gasteiger partial charge >= 0.3 is 0 Å². The van der Waals surface area contributed by atoms with Crippen LogP contribution in [0.3, 0.4) is 0 Å². The zero-order valence-corrected chi connectivity index (χ0v) is 20.3. The van der Waals surface area contributed by atoms with Crippen molar-refractivity contribution in [3.8, 4) is 22.8 Å². The summed E-state index contributed by atoms with van der Waals surface area (Å²) in [6, 6.07) is 20.2. The lowest BCUT2D eigenvalue weighted by atomic mass is 9.85. The number of rotatable bonds is 2. The zero-order valence-electron chi connectivity index (χ0n) is 20.3. The molecule has 0 radical (unpaired) electrons. The Balaban J connectivity index is 1.81. The fourth-order valence-electron chi connectivity index (χ4n) is 5.70. The van der Waals surface area contributed by atoms with E-state index < -0.39 is 0 Å². The van der Waals surface area contributed by atoms with Crippen molar-refractivity contribution in [2.75, 3.05) is 0 Å². The second kappa shape index (κ2) is 7.05. The zero-order chi connectivity index (χ0) is 23.0. The molecule has 0 amide bonds. The highest BCUT2D eigenvalue weighted by atomic mass is 16.5. The maximum atomic E-state index is 6.88. The van der Waals surface area contributed by atoms with Gasteiger partial charge in [-0.25, -0.2) is 4.57 Å². The molecule has 164 valence electrons. The highest BCUT2D eigenvalue weighted by molar-refractivity contribution is 6.16. The highest BCUT2D eigenvalue weighted by Gasteiger charge is 2.33. The van der Waals surface area contributed by atoms with Crippen LogP contribution in [0.2, 0.25) is 0 Å². The van der Waals surface area contributed by atoms with E-state index in [1.165, 1.54) is 60.3 Å². The molecule has 0 atom stereocenters. The summed E-state index contributed by atoms with van der Waals surface area (Å²) in [4.78, 5) is 0. The Kier molecular flexibility index (Phi) is 4.32. The van der Waals surface area contributed by atoms with E-state index >= 15 is 0 Å². The second-order valence-corrected chi connectivity index (χ2v) is 10.1. The first-order chi connectivity index (χ1) is 15.9. The van der Waals surface area contributed by atoms with Crippen molar-refractivity contribution in [1.82, 2.24) is 0 Å². The molecule has 0 saturated carbocycles. The van der Waals surface area contributed by atoms with Gasteiger partial charge in [-0.1, -0.05) is 70.2 Å². The minimum atomic E-state index is 0.350. The van der Waals surface area contributed by atoms with Gasteiger partial charge in [0.25, 0.3) is 0 Å². The summed E-state index contributed by atoms with van der Waals surface area (Å²) >= 11 is 0. The van der Waals surface area contributed by atoms with Gasteiger partial charge in [0.2, 0.25) is 5.69 Å². The lowest BCUT2D eigenvalue weighted by molar-refractivity contribution is -0.659. The first-order valence-electron chi connectivity index (χ1n) is 12.0. The maximum Gasteiger partial charge on any atom is 0.228 e. The van der Waals surface area contributed by atoms with Gasteiger partial charge in [-0.2, -0.15) is 0 Å². The Morgan fingerprint density at radius 2 is 1.55 bits per heavy atom. The molecule has 0 bridgehead atoms. The first-order valence-corrected chi connectivity index (χ1v) is 12.0. The van der Waals surface area contributed by atoms with Gasteiger partial charge in [0.1, 0.15) is 18.5 Å². The van der Waals surface area contributed by atoms with Crippen molar-refractivity contribution in [1.29, 1.82) is 0 Å². The van der Waals surface area contributed by atoms with Crippen molar-refractivity contribution >= 4 is 32.3 Å². The van der Waals surface area contributed by atoms with E-state index in [2.05, 4.69) is 107 Å². The average molecular weight is 433 g/mol. The molecule has 1 aliphatic heterocycles. The number of aromatic nitrogens is 1. The van der Waals surface area contributed by atoms with Gasteiger partial charge in [-0.05, 0) is 57.5 Å². The van der Waals surface area contributed by atoms with E-state index in [9.17, 15) is 0 Å². The molecular formula is C31H30NO+. The maximum absolute atomic E-state index is 6.88. The van der Waals surface area contributed by atoms with Gasteiger partial charge in [-0.15, -0.1) is 0 Å². The molecule has 0 fully saturated rings. The summed E-state index contributed by atoms with van der Waals surface area (Å²) in [6.07, 6.45) is 2.20. The van der Waals surface area contributed by atoms with Crippen LogP contribution in [0, 0.1) is 6.92 Å². The van der Waals surface area contributed by atoms with Gasteiger partial charge in [0, 0.05) is 17.0 Å². The summed E-state index contributed by atoms with van der Waals surface area (Å²) in [5.41, 5.74) is 6.43. The number of aryl methyl sites for hydroxylation is 2. The number of hydrogen-bond acceptors (Lipinski definition) is 1. The van der Waals surface area contributed by atoms with Gasteiger partial charge in [-0.3, -0.25) is 0 Å². The topological polar surface area (TPSA) is 13.1 Å². The van der Waals surface area contributed by atoms with Gasteiger partial charge in [0.05, 0.1) is 10.9 Å². The summed E-state index contributed by atoms with van der Waals surface area (Å²) in [5, 5.41) is 7.61. The third kappa shape index (κ3) is 2.76. The van der Waals surface area contributed by atoms with Crippen LogP contribution in [0.1, 0.15) is 56.2 Å². The van der Waals surface area contributed by atoms with Crippen molar-refractivity contribution in [2.24, 2.45) is 7.05 Å². The van der Waals surface area contributed by atoms with Crippen LogP contribution in [-0.4, -0.2) is 0 Å². The van der Waals surface area contributed by atoms with Crippen molar-refractivity contribution in [2.45, 2.75) is 46.5 Å². The molecule has 4 aromatic carbocycles. The number of benzene rings is 4. The van der Waals surface area contributed by atoms with Crippen LogP contribution in [0.5, 0.6) is 11.5 Å². The van der Waals surface area contributed by atoms with Crippen molar-refractivity contribution in [3.05, 3.63) is 77.5 Å². The molecule has 2 nitrogen and oxygen atoms in total. The molecule has 1 aromatic heterocycles. The summed E-state index contributed by atoms with van der Waals surface area (Å²) < 4.78 is 9.15. The standard InChI is InChI=1S/C31H30NO/c1-17(2)20-11-12-23-21(15-20)16-26-29-25(23)13-14-32(6)30(29)28-19(5)22-9-7-8-10-24(22)27(18(3)4)31(28)33-26/h7-18H,1-6H3/q+1. The molecule has 0 spiro atoms. The van der Waals surface area contributed by atoms with E-state index in [1.807, 2.05) is 0 Å². The Bertz CT molecular complexity index is 1610. The normalized spacial score (nSPS) is 12.7. The molecule has 2 heterocycles. The number of nitrogens with zero attached hydrogens (tertiary/aromatic N) is 1. The molecule has 5 aromatic rings. The molecule has 0 saturated heterocycles. The monoisotopic (exact) mass is 432 g/mol. The highest BCUT2D eigenvalue weighted by Crippen LogP contribution is 2.53. The Morgan fingerprint density at radius 3 is 2.27 bits per heavy atom. The molecular weight excluding hydrogens is 402 g/mol. The SMILES string of the molecule is Cc1c2c(c(C(C)C)c3ccccc13)Oc1cc3cc(C(C)C)ccc3c3cc[n+](C)c-2c13. The van der Waals surface area contributed by atoms with Crippen LogP contribution in [0.15, 0.2) is 60.8 Å². The number of pyridine rings is 1. The Morgan fingerprint density at radius 1 is 0.788 bits per heavy atom. The molecule has 1 aliphatic rings. The fourth-order valence-corrected chi connectivity index (χ4v) is 5.70. The molecule has 6 rings (SSSR count). The second-order valence-electron chi connectivity index (χ2n) is 10.1. The summed E-state index contributed by atoms with van der Waals surface area (Å²) in [5.74, 6) is 2.84. The van der Waals surface area contributed by atoms with Crippen LogP contribution in [0.25, 0.3) is 43.6 Å². The predicted molar refractivity (Wildman–Crippen MR) is 139 cm³/mol. The number of fused-ring (bicyclic) bond motifs is 5. The predicted octanol–water partition coefficient (Wildman–Crippen LogP) is 8.30. The van der Waals surface area contributed by atoms with E-state index in [-0.39, 0.29) is 0 Å². The Hall–Kier alpha value is -3.39. The smallest absolute Gasteiger partial charge is 0.228 e. The average Bonchev–Trinajstić information content (AvgIpc) is 2.79. The molecule has 0 aliphatic carbocycles. The molecule has 33 heavy (non-hydrogen) atoms. The largest absolute Gasteiger partial charge is 0.455 e. The summed E-state index contributed by atoms with van der Waals surface area (Å²) in [6.45, 7) is 11.3. The molecule has 2 heteroatoms. The number of hydrogen-bond donors (Lipinski definition) is 0. The third-order valence-electron chi connectivity index (χ3n) is 7.38. The van der Waals surface area contributed by atoms with Gasteiger partial charge < -0.3 is 4.74 Å². The minimum Gasteiger partial charge on any atom is -0.455 e. The first kappa shape index (κ1) is 20.2. The Labute approximate surface area is 195 Å². The van der Waals surface area contributed by atoms with E-state index in [1.54, 1.807) is 0 Å². The van der Waals surface area contributed by atoms with E-state index in [4.69, 9.17) is 4.74 Å². The van der Waals surface area contributed by atoms with Crippen LogP contribution < -0.4 is 9.30 Å². The van der Waals surface area contributed by atoms with Crippen LogP contribution >= 0.6 is 0 Å². The van der Waals surface area contributed by atoms with Crippen LogP contribution in [-0.2, 0) is 7.05 Å². The van der Waals surface area contributed by atoms with Crippen molar-refractivity contribution in [3.63, 3.8) is 0 Å². The van der Waals surface area contributed by atoms with E-state index in [0.29, 0.717) is 11.8 Å². The van der Waals surface area contributed by atoms with E-state index in [0.717, 1.165) is 11.5 Å². The van der Waals surface area contributed by atoms with Crippen molar-refractivity contribution < 1.29 is 9.30 Å². The lowest BCUT2D eigenvalue weighted by Crippen LogP contribution is -2.32. The molecule has 0 N–H and O–H groups in total. The minimum absolute atomic E-state index is 0.350. The molecule has 0 unspecified atom stereocenters. The quantitative estimate of drug-likeness (QED) is 0.198. The van der Waals surface area contributed by atoms with Crippen LogP contribution in [0.4, 0.5) is 0 Å².